The maximum absolute atomic E-state index is 12.8. The third kappa shape index (κ3) is 4.08. The molecular weight excluding hydrogens is 307 g/mol. The molecule has 0 aliphatic heterocycles. The Balaban J connectivity index is 2.24. The number of hydrogen-bond donors (Lipinski definition) is 2. The number of aliphatic hydroxyl groups excluding tert-OH is 1. The molecule has 0 amide bonds. The SMILES string of the molecule is O=C(O)[C@H](c1ccc(Cl)cc1)[C@H](O)C#Cc1ccc(F)cc1. The maximum atomic E-state index is 12.8. The highest BCUT2D eigenvalue weighted by atomic mass is 35.5. The summed E-state index contributed by atoms with van der Waals surface area (Å²) in [5.41, 5.74) is 0.888. The topological polar surface area (TPSA) is 57.5 Å². The fourth-order valence-corrected chi connectivity index (χ4v) is 2.03. The van der Waals surface area contributed by atoms with Crippen molar-refractivity contribution in [2.75, 3.05) is 0 Å². The quantitative estimate of drug-likeness (QED) is 0.855. The van der Waals surface area contributed by atoms with Gasteiger partial charge in [-0.3, -0.25) is 4.79 Å². The highest BCUT2D eigenvalue weighted by Gasteiger charge is 2.27. The molecule has 3 nitrogen and oxygen atoms in total. The van der Waals surface area contributed by atoms with E-state index in [4.69, 9.17) is 11.6 Å². The highest BCUT2D eigenvalue weighted by Crippen LogP contribution is 2.22. The van der Waals surface area contributed by atoms with Crippen molar-refractivity contribution in [2.24, 2.45) is 0 Å². The first-order valence-electron chi connectivity index (χ1n) is 6.41. The third-order valence-corrected chi connectivity index (χ3v) is 3.27. The van der Waals surface area contributed by atoms with Gasteiger partial charge in [-0.1, -0.05) is 35.6 Å². The number of rotatable bonds is 3. The van der Waals surface area contributed by atoms with E-state index < -0.39 is 23.8 Å². The Labute approximate surface area is 132 Å². The normalized spacial score (nSPS) is 12.9. The fraction of sp³-hybridized carbons (Fsp3) is 0.118. The van der Waals surface area contributed by atoms with Crippen molar-refractivity contribution in [3.8, 4) is 11.8 Å². The van der Waals surface area contributed by atoms with Gasteiger partial charge in [0.25, 0.3) is 0 Å². The monoisotopic (exact) mass is 318 g/mol. The predicted molar refractivity (Wildman–Crippen MR) is 81.1 cm³/mol. The van der Waals surface area contributed by atoms with Crippen LogP contribution in [-0.2, 0) is 4.79 Å². The molecule has 0 aliphatic rings. The summed E-state index contributed by atoms with van der Waals surface area (Å²) >= 11 is 5.76. The van der Waals surface area contributed by atoms with Crippen molar-refractivity contribution in [1.29, 1.82) is 0 Å². The van der Waals surface area contributed by atoms with Crippen molar-refractivity contribution in [2.45, 2.75) is 12.0 Å². The second-order valence-electron chi connectivity index (χ2n) is 4.59. The smallest absolute Gasteiger partial charge is 0.314 e. The van der Waals surface area contributed by atoms with Crippen molar-refractivity contribution < 1.29 is 19.4 Å². The Morgan fingerprint density at radius 3 is 2.23 bits per heavy atom. The van der Waals surface area contributed by atoms with Crippen LogP contribution in [0.2, 0.25) is 5.02 Å². The molecule has 0 fully saturated rings. The van der Waals surface area contributed by atoms with Crippen molar-refractivity contribution in [1.82, 2.24) is 0 Å². The van der Waals surface area contributed by atoms with Crippen LogP contribution in [0.5, 0.6) is 0 Å². The first kappa shape index (κ1) is 16.0. The number of aliphatic hydroxyl groups is 1. The minimum Gasteiger partial charge on any atom is -0.481 e. The first-order valence-corrected chi connectivity index (χ1v) is 6.78. The summed E-state index contributed by atoms with van der Waals surface area (Å²) in [6.45, 7) is 0. The van der Waals surface area contributed by atoms with E-state index in [1.165, 1.54) is 36.4 Å². The predicted octanol–water partition coefficient (Wildman–Crippen LogP) is 3.06. The van der Waals surface area contributed by atoms with E-state index in [1.807, 2.05) is 0 Å². The summed E-state index contributed by atoms with van der Waals surface area (Å²) in [6.07, 6.45) is -1.40. The summed E-state index contributed by atoms with van der Waals surface area (Å²) in [5, 5.41) is 19.8. The lowest BCUT2D eigenvalue weighted by molar-refractivity contribution is -0.140. The Bertz CT molecular complexity index is 714. The second kappa shape index (κ2) is 7.08. The van der Waals surface area contributed by atoms with Gasteiger partial charge in [0.2, 0.25) is 0 Å². The Kier molecular flexibility index (Phi) is 5.16. The number of benzene rings is 2. The number of aliphatic carboxylic acids is 1. The standard InChI is InChI=1S/C17H12ClFO3/c18-13-6-4-12(5-7-13)16(17(21)22)15(20)10-3-11-1-8-14(19)9-2-11/h1-2,4-9,15-16,20H,(H,21,22)/t15-,16-/m1/s1. The number of carboxylic acid groups (broad SMARTS) is 1. The van der Waals surface area contributed by atoms with Crippen LogP contribution in [-0.4, -0.2) is 22.3 Å². The van der Waals surface area contributed by atoms with E-state index in [-0.39, 0.29) is 0 Å². The lowest BCUT2D eigenvalue weighted by Crippen LogP contribution is -2.24. The number of carboxylic acids is 1. The van der Waals surface area contributed by atoms with Gasteiger partial charge in [-0.25, -0.2) is 4.39 Å². The van der Waals surface area contributed by atoms with E-state index in [0.717, 1.165) is 0 Å². The minimum atomic E-state index is -1.40. The van der Waals surface area contributed by atoms with Crippen LogP contribution >= 0.6 is 11.6 Å². The van der Waals surface area contributed by atoms with E-state index in [1.54, 1.807) is 12.1 Å². The minimum absolute atomic E-state index is 0.393. The van der Waals surface area contributed by atoms with Crippen molar-refractivity contribution >= 4 is 17.6 Å². The van der Waals surface area contributed by atoms with Crippen LogP contribution in [0.4, 0.5) is 4.39 Å². The molecule has 22 heavy (non-hydrogen) atoms. The summed E-state index contributed by atoms with van der Waals surface area (Å²) in [6, 6.07) is 11.5. The van der Waals surface area contributed by atoms with Crippen LogP contribution in [0.15, 0.2) is 48.5 Å². The molecule has 0 unspecified atom stereocenters. The van der Waals surface area contributed by atoms with Gasteiger partial charge in [0.1, 0.15) is 17.8 Å². The van der Waals surface area contributed by atoms with Gasteiger partial charge >= 0.3 is 5.97 Å². The third-order valence-electron chi connectivity index (χ3n) is 3.02. The second-order valence-corrected chi connectivity index (χ2v) is 5.02. The summed E-state index contributed by atoms with van der Waals surface area (Å²) in [5.74, 6) is 2.34. The van der Waals surface area contributed by atoms with Gasteiger partial charge in [-0.05, 0) is 42.0 Å². The molecule has 0 spiro atoms. The van der Waals surface area contributed by atoms with Gasteiger partial charge in [0, 0.05) is 10.6 Å². The lowest BCUT2D eigenvalue weighted by atomic mass is 9.93. The summed E-state index contributed by atoms with van der Waals surface area (Å²) in [4.78, 5) is 11.4. The van der Waals surface area contributed by atoms with Crippen molar-refractivity contribution in [3.63, 3.8) is 0 Å². The lowest BCUT2D eigenvalue weighted by Gasteiger charge is -2.15. The zero-order valence-electron chi connectivity index (χ0n) is 11.3. The van der Waals surface area contributed by atoms with E-state index >= 15 is 0 Å². The largest absolute Gasteiger partial charge is 0.481 e. The molecular formula is C17H12ClFO3. The molecule has 0 aliphatic carbocycles. The van der Waals surface area contributed by atoms with Crippen LogP contribution in [0, 0.1) is 17.7 Å². The molecule has 0 bridgehead atoms. The average Bonchev–Trinajstić information content (AvgIpc) is 2.48. The molecule has 0 aromatic heterocycles. The van der Waals surface area contributed by atoms with Gasteiger partial charge < -0.3 is 10.2 Å². The number of carbonyl (C=O) groups is 1. The van der Waals surface area contributed by atoms with E-state index in [9.17, 15) is 19.4 Å². The Hall–Kier alpha value is -2.35. The molecule has 2 rings (SSSR count). The zero-order valence-corrected chi connectivity index (χ0v) is 12.1. The molecule has 0 radical (unpaired) electrons. The zero-order chi connectivity index (χ0) is 16.1. The van der Waals surface area contributed by atoms with Crippen LogP contribution in [0.3, 0.4) is 0 Å². The molecule has 0 saturated heterocycles. The van der Waals surface area contributed by atoms with Crippen LogP contribution in [0.25, 0.3) is 0 Å². The summed E-state index contributed by atoms with van der Waals surface area (Å²) in [7, 11) is 0. The average molecular weight is 319 g/mol. The molecule has 2 aromatic carbocycles. The number of hydrogen-bond acceptors (Lipinski definition) is 2. The van der Waals surface area contributed by atoms with Gasteiger partial charge in [-0.15, -0.1) is 0 Å². The molecule has 5 heteroatoms. The van der Waals surface area contributed by atoms with Gasteiger partial charge in [0.15, 0.2) is 0 Å². The van der Waals surface area contributed by atoms with Crippen LogP contribution in [0.1, 0.15) is 17.0 Å². The van der Waals surface area contributed by atoms with Gasteiger partial charge in [0.05, 0.1) is 0 Å². The van der Waals surface area contributed by atoms with E-state index in [2.05, 4.69) is 11.8 Å². The molecule has 0 saturated carbocycles. The maximum Gasteiger partial charge on any atom is 0.314 e. The van der Waals surface area contributed by atoms with Crippen LogP contribution < -0.4 is 0 Å². The Morgan fingerprint density at radius 2 is 1.68 bits per heavy atom. The van der Waals surface area contributed by atoms with Crippen molar-refractivity contribution in [3.05, 3.63) is 70.5 Å². The van der Waals surface area contributed by atoms with E-state index in [0.29, 0.717) is 16.1 Å². The first-order chi connectivity index (χ1) is 10.5. The molecule has 2 atom stereocenters. The highest BCUT2D eigenvalue weighted by molar-refractivity contribution is 6.30. The number of halogens is 2. The molecule has 112 valence electrons. The Morgan fingerprint density at radius 1 is 1.09 bits per heavy atom. The molecule has 2 aromatic rings. The summed E-state index contributed by atoms with van der Waals surface area (Å²) < 4.78 is 12.8. The molecule has 0 heterocycles. The fourth-order valence-electron chi connectivity index (χ4n) is 1.90. The van der Waals surface area contributed by atoms with Gasteiger partial charge in [-0.2, -0.15) is 0 Å². The molecule has 2 N–H and O–H groups in total.